The van der Waals surface area contributed by atoms with Crippen molar-refractivity contribution in [3.8, 4) is 0 Å². The fourth-order valence-corrected chi connectivity index (χ4v) is 2.84. The Morgan fingerprint density at radius 3 is 2.86 bits per heavy atom. The molecule has 2 N–H and O–H groups in total. The molecule has 3 rings (SSSR count). The molecule has 2 fully saturated rings. The molecule has 1 aliphatic heterocycles. The number of carbonyl (C=O) groups is 2. The van der Waals surface area contributed by atoms with Crippen LogP contribution in [-0.2, 0) is 16.1 Å². The number of hydrogen-bond acceptors (Lipinski definition) is 3. The Kier molecular flexibility index (Phi) is 4.64. The maximum absolute atomic E-state index is 12.5. The second-order valence-electron chi connectivity index (χ2n) is 5.90. The van der Waals surface area contributed by atoms with Gasteiger partial charge in [0.25, 0.3) is 0 Å². The lowest BCUT2D eigenvalue weighted by molar-refractivity contribution is -0.138. The highest BCUT2D eigenvalue weighted by atomic mass is 35.5. The Morgan fingerprint density at radius 1 is 1.36 bits per heavy atom. The van der Waals surface area contributed by atoms with Crippen molar-refractivity contribution in [2.24, 2.45) is 0 Å². The summed E-state index contributed by atoms with van der Waals surface area (Å²) in [7, 11) is 0. The molecule has 118 valence electrons. The number of nitrogens with zero attached hydrogens (tertiary/aromatic N) is 1. The maximum atomic E-state index is 12.5. The number of halogens is 1. The first-order valence-corrected chi connectivity index (χ1v) is 8.06. The molecular formula is C16H20ClN3O2. The van der Waals surface area contributed by atoms with Gasteiger partial charge in [0.05, 0.1) is 12.5 Å². The van der Waals surface area contributed by atoms with E-state index in [-0.39, 0.29) is 18.2 Å². The van der Waals surface area contributed by atoms with Crippen LogP contribution in [0.4, 0.5) is 0 Å². The van der Waals surface area contributed by atoms with E-state index in [1.54, 1.807) is 4.90 Å². The average molecular weight is 322 g/mol. The predicted octanol–water partition coefficient (Wildman–Crippen LogP) is 1.31. The first-order valence-electron chi connectivity index (χ1n) is 7.68. The number of amides is 2. The molecule has 2 aliphatic rings. The molecule has 0 spiro atoms. The fraction of sp³-hybridized carbons (Fsp3) is 0.500. The normalized spacial score (nSPS) is 21.8. The first kappa shape index (κ1) is 15.3. The van der Waals surface area contributed by atoms with E-state index < -0.39 is 6.04 Å². The Morgan fingerprint density at radius 2 is 2.14 bits per heavy atom. The van der Waals surface area contributed by atoms with Gasteiger partial charge in [-0.25, -0.2) is 0 Å². The molecular weight excluding hydrogens is 302 g/mol. The van der Waals surface area contributed by atoms with Crippen LogP contribution >= 0.6 is 11.6 Å². The quantitative estimate of drug-likeness (QED) is 0.859. The lowest BCUT2D eigenvalue weighted by Gasteiger charge is -2.33. The number of benzene rings is 1. The Balaban J connectivity index is 1.59. The van der Waals surface area contributed by atoms with Gasteiger partial charge in [-0.1, -0.05) is 29.8 Å². The predicted molar refractivity (Wildman–Crippen MR) is 84.4 cm³/mol. The third-order valence-corrected chi connectivity index (χ3v) is 4.40. The standard InChI is InChI=1S/C16H20ClN3O2/c17-13-4-2-1-3-11(13)10-20-8-7-18-14(16(20)22)9-15(21)19-12-5-6-12/h1-4,12,14,18H,5-10H2,(H,19,21). The third-order valence-electron chi connectivity index (χ3n) is 4.03. The van der Waals surface area contributed by atoms with E-state index in [4.69, 9.17) is 11.6 Å². The molecule has 2 amide bonds. The van der Waals surface area contributed by atoms with Gasteiger partial charge in [0.1, 0.15) is 0 Å². The summed E-state index contributed by atoms with van der Waals surface area (Å²) in [5.41, 5.74) is 0.931. The Bertz CT molecular complexity index is 574. The first-order chi connectivity index (χ1) is 10.6. The summed E-state index contributed by atoms with van der Waals surface area (Å²) in [6.07, 6.45) is 2.31. The van der Waals surface area contributed by atoms with Gasteiger partial charge in [-0.15, -0.1) is 0 Å². The number of nitrogens with one attached hydrogen (secondary N) is 2. The van der Waals surface area contributed by atoms with Crippen LogP contribution < -0.4 is 10.6 Å². The van der Waals surface area contributed by atoms with E-state index in [9.17, 15) is 9.59 Å². The van der Waals surface area contributed by atoms with Crippen LogP contribution in [0.1, 0.15) is 24.8 Å². The van der Waals surface area contributed by atoms with Crippen LogP contribution in [0, 0.1) is 0 Å². The highest BCUT2D eigenvalue weighted by Crippen LogP contribution is 2.20. The van der Waals surface area contributed by atoms with Crippen molar-refractivity contribution in [1.82, 2.24) is 15.5 Å². The summed E-state index contributed by atoms with van der Waals surface area (Å²) in [4.78, 5) is 26.2. The van der Waals surface area contributed by atoms with E-state index in [2.05, 4.69) is 10.6 Å². The van der Waals surface area contributed by atoms with Crippen molar-refractivity contribution >= 4 is 23.4 Å². The monoisotopic (exact) mass is 321 g/mol. The second kappa shape index (κ2) is 6.67. The molecule has 1 saturated carbocycles. The molecule has 1 saturated heterocycles. The molecule has 6 heteroatoms. The van der Waals surface area contributed by atoms with Gasteiger partial charge in [0, 0.05) is 30.7 Å². The van der Waals surface area contributed by atoms with Crippen LogP contribution in [0.5, 0.6) is 0 Å². The zero-order valence-electron chi connectivity index (χ0n) is 12.3. The van der Waals surface area contributed by atoms with Crippen molar-refractivity contribution in [1.29, 1.82) is 0 Å². The smallest absolute Gasteiger partial charge is 0.240 e. The number of carbonyl (C=O) groups excluding carboxylic acids is 2. The molecule has 22 heavy (non-hydrogen) atoms. The minimum absolute atomic E-state index is 0.0304. The third kappa shape index (κ3) is 3.78. The molecule has 1 atom stereocenters. The molecule has 5 nitrogen and oxygen atoms in total. The Hall–Kier alpha value is -1.59. The van der Waals surface area contributed by atoms with Gasteiger partial charge < -0.3 is 15.5 Å². The largest absolute Gasteiger partial charge is 0.353 e. The zero-order valence-corrected chi connectivity index (χ0v) is 13.1. The van der Waals surface area contributed by atoms with Crippen molar-refractivity contribution in [2.45, 2.75) is 37.9 Å². The molecule has 1 unspecified atom stereocenters. The van der Waals surface area contributed by atoms with Crippen LogP contribution in [0.15, 0.2) is 24.3 Å². The van der Waals surface area contributed by atoms with Gasteiger partial charge in [0.2, 0.25) is 11.8 Å². The van der Waals surface area contributed by atoms with E-state index in [1.165, 1.54) is 0 Å². The van der Waals surface area contributed by atoms with Gasteiger partial charge in [-0.05, 0) is 24.5 Å². The summed E-state index contributed by atoms with van der Waals surface area (Å²) in [5, 5.41) is 6.73. The summed E-state index contributed by atoms with van der Waals surface area (Å²) >= 11 is 6.16. The summed E-state index contributed by atoms with van der Waals surface area (Å²) in [5.74, 6) is -0.0786. The van der Waals surface area contributed by atoms with Crippen LogP contribution in [0.2, 0.25) is 5.02 Å². The second-order valence-corrected chi connectivity index (χ2v) is 6.31. The SMILES string of the molecule is O=C(CC1NCCN(Cc2ccccc2Cl)C1=O)NC1CC1. The van der Waals surface area contributed by atoms with Gasteiger partial charge in [-0.3, -0.25) is 9.59 Å². The molecule has 1 aliphatic carbocycles. The lowest BCUT2D eigenvalue weighted by Crippen LogP contribution is -2.55. The highest BCUT2D eigenvalue weighted by Gasteiger charge is 2.32. The number of hydrogen-bond donors (Lipinski definition) is 2. The molecule has 0 radical (unpaired) electrons. The van der Waals surface area contributed by atoms with E-state index in [1.807, 2.05) is 24.3 Å². The van der Waals surface area contributed by atoms with Crippen molar-refractivity contribution in [3.05, 3.63) is 34.9 Å². The molecule has 1 aromatic carbocycles. The highest BCUT2D eigenvalue weighted by molar-refractivity contribution is 6.31. The summed E-state index contributed by atoms with van der Waals surface area (Å²) in [6, 6.07) is 7.42. The topological polar surface area (TPSA) is 61.4 Å². The minimum Gasteiger partial charge on any atom is -0.353 e. The molecule has 1 heterocycles. The zero-order chi connectivity index (χ0) is 15.5. The average Bonchev–Trinajstić information content (AvgIpc) is 3.29. The Labute approximate surface area is 135 Å². The molecule has 1 aromatic rings. The lowest BCUT2D eigenvalue weighted by atomic mass is 10.1. The van der Waals surface area contributed by atoms with Crippen molar-refractivity contribution in [3.63, 3.8) is 0 Å². The summed E-state index contributed by atoms with van der Waals surface area (Å²) in [6.45, 7) is 1.81. The number of rotatable bonds is 5. The van der Waals surface area contributed by atoms with Crippen molar-refractivity contribution < 1.29 is 9.59 Å². The van der Waals surface area contributed by atoms with E-state index in [0.717, 1.165) is 18.4 Å². The maximum Gasteiger partial charge on any atom is 0.240 e. The van der Waals surface area contributed by atoms with Gasteiger partial charge in [-0.2, -0.15) is 0 Å². The van der Waals surface area contributed by atoms with E-state index >= 15 is 0 Å². The minimum atomic E-state index is -0.435. The fourth-order valence-electron chi connectivity index (χ4n) is 2.64. The van der Waals surface area contributed by atoms with E-state index in [0.29, 0.717) is 30.7 Å². The number of piperazine rings is 1. The molecule has 0 aromatic heterocycles. The van der Waals surface area contributed by atoms with Crippen LogP contribution in [0.25, 0.3) is 0 Å². The van der Waals surface area contributed by atoms with Gasteiger partial charge in [0.15, 0.2) is 0 Å². The van der Waals surface area contributed by atoms with Crippen molar-refractivity contribution in [2.75, 3.05) is 13.1 Å². The van der Waals surface area contributed by atoms with Crippen LogP contribution in [0.3, 0.4) is 0 Å². The van der Waals surface area contributed by atoms with Crippen LogP contribution in [-0.4, -0.2) is 41.9 Å². The summed E-state index contributed by atoms with van der Waals surface area (Å²) < 4.78 is 0. The van der Waals surface area contributed by atoms with Gasteiger partial charge >= 0.3 is 0 Å². The molecule has 0 bridgehead atoms.